The third-order valence-corrected chi connectivity index (χ3v) is 2.58. The van der Waals surface area contributed by atoms with Crippen molar-refractivity contribution in [2.75, 3.05) is 0 Å². The van der Waals surface area contributed by atoms with Crippen molar-refractivity contribution in [2.45, 2.75) is 6.54 Å². The zero-order valence-electron chi connectivity index (χ0n) is 9.19. The van der Waals surface area contributed by atoms with E-state index in [0.717, 1.165) is 16.9 Å². The molecule has 0 aliphatic rings. The largest absolute Gasteiger partial charge is 0.250 e. The first kappa shape index (κ1) is 9.84. The van der Waals surface area contributed by atoms with Crippen molar-refractivity contribution in [2.24, 2.45) is 0 Å². The standard InChI is InChI=1S/C13H11N4/c1-5-12-11(14-6-1)4-2-9-17(12)10-13-15-7-3-8-16-13/h1-9H,10H2/q+1. The molecule has 0 fully saturated rings. The Balaban J connectivity index is 2.06. The number of rotatable bonds is 2. The molecule has 0 radical (unpaired) electrons. The van der Waals surface area contributed by atoms with Gasteiger partial charge in [0.15, 0.2) is 12.0 Å². The van der Waals surface area contributed by atoms with Crippen molar-refractivity contribution in [3.8, 4) is 0 Å². The molecule has 0 unspecified atom stereocenters. The highest BCUT2D eigenvalue weighted by Crippen LogP contribution is 2.04. The molecule has 4 nitrogen and oxygen atoms in total. The van der Waals surface area contributed by atoms with Crippen LogP contribution in [0.4, 0.5) is 0 Å². The maximum absolute atomic E-state index is 4.32. The minimum absolute atomic E-state index is 0.657. The van der Waals surface area contributed by atoms with Crippen molar-refractivity contribution in [3.05, 3.63) is 60.9 Å². The van der Waals surface area contributed by atoms with E-state index >= 15 is 0 Å². The number of hydrogen-bond acceptors (Lipinski definition) is 3. The zero-order valence-corrected chi connectivity index (χ0v) is 9.19. The van der Waals surface area contributed by atoms with Gasteiger partial charge in [-0.25, -0.2) is 15.0 Å². The van der Waals surface area contributed by atoms with Crippen molar-refractivity contribution in [1.82, 2.24) is 15.0 Å². The van der Waals surface area contributed by atoms with Gasteiger partial charge in [-0.15, -0.1) is 0 Å². The second-order valence-electron chi connectivity index (χ2n) is 3.71. The molecule has 0 aliphatic heterocycles. The van der Waals surface area contributed by atoms with E-state index in [1.807, 2.05) is 36.5 Å². The van der Waals surface area contributed by atoms with Gasteiger partial charge in [0.25, 0.3) is 0 Å². The SMILES string of the molecule is c1cnc(C[n+]2cccc3ncccc32)nc1. The monoisotopic (exact) mass is 223 g/mol. The normalized spacial score (nSPS) is 10.6. The molecule has 3 aromatic heterocycles. The Bertz CT molecular complexity index is 632. The molecule has 4 heteroatoms. The van der Waals surface area contributed by atoms with E-state index in [9.17, 15) is 0 Å². The van der Waals surface area contributed by atoms with Gasteiger partial charge in [0.1, 0.15) is 5.52 Å². The van der Waals surface area contributed by atoms with Crippen LogP contribution in [0.5, 0.6) is 0 Å². The van der Waals surface area contributed by atoms with Crippen LogP contribution in [-0.2, 0) is 6.54 Å². The van der Waals surface area contributed by atoms with Gasteiger partial charge in [0, 0.05) is 30.7 Å². The number of aromatic nitrogens is 4. The molecule has 82 valence electrons. The minimum Gasteiger partial charge on any atom is -0.250 e. The summed E-state index contributed by atoms with van der Waals surface area (Å²) in [5.74, 6) is 0.800. The van der Waals surface area contributed by atoms with Crippen LogP contribution in [0.3, 0.4) is 0 Å². The van der Waals surface area contributed by atoms with Gasteiger partial charge in [-0.05, 0) is 18.2 Å². The summed E-state index contributed by atoms with van der Waals surface area (Å²) in [6.07, 6.45) is 7.32. The number of pyridine rings is 2. The Morgan fingerprint density at radius 1 is 0.882 bits per heavy atom. The van der Waals surface area contributed by atoms with Crippen molar-refractivity contribution in [1.29, 1.82) is 0 Å². The molecule has 17 heavy (non-hydrogen) atoms. The predicted octanol–water partition coefficient (Wildman–Crippen LogP) is 1.36. The fraction of sp³-hybridized carbons (Fsp3) is 0.0769. The summed E-state index contributed by atoms with van der Waals surface area (Å²) in [6, 6.07) is 9.78. The first-order valence-corrected chi connectivity index (χ1v) is 5.42. The molecular weight excluding hydrogens is 212 g/mol. The van der Waals surface area contributed by atoms with Gasteiger partial charge in [-0.3, -0.25) is 0 Å². The van der Waals surface area contributed by atoms with Crippen LogP contribution in [0, 0.1) is 0 Å². The average Bonchev–Trinajstić information content (AvgIpc) is 2.40. The number of nitrogens with zero attached hydrogens (tertiary/aromatic N) is 4. The van der Waals surface area contributed by atoms with Gasteiger partial charge in [0.2, 0.25) is 12.1 Å². The molecule has 3 aromatic rings. The van der Waals surface area contributed by atoms with Crippen LogP contribution in [0.25, 0.3) is 11.0 Å². The van der Waals surface area contributed by atoms with E-state index in [0.29, 0.717) is 6.54 Å². The fourth-order valence-corrected chi connectivity index (χ4v) is 1.80. The zero-order chi connectivity index (χ0) is 11.5. The topological polar surface area (TPSA) is 42.5 Å². The minimum atomic E-state index is 0.657. The highest BCUT2D eigenvalue weighted by Gasteiger charge is 2.10. The second-order valence-corrected chi connectivity index (χ2v) is 3.71. The van der Waals surface area contributed by atoms with Crippen LogP contribution < -0.4 is 4.57 Å². The molecule has 0 amide bonds. The first-order chi connectivity index (χ1) is 8.43. The van der Waals surface area contributed by atoms with Crippen LogP contribution in [-0.4, -0.2) is 15.0 Å². The molecular formula is C13H11N4+. The van der Waals surface area contributed by atoms with Crippen LogP contribution in [0.1, 0.15) is 5.82 Å². The van der Waals surface area contributed by atoms with E-state index in [2.05, 4.69) is 19.5 Å². The Hall–Kier alpha value is -2.36. The average molecular weight is 223 g/mol. The van der Waals surface area contributed by atoms with Crippen LogP contribution in [0.2, 0.25) is 0 Å². The molecule has 0 atom stereocenters. The van der Waals surface area contributed by atoms with Crippen LogP contribution >= 0.6 is 0 Å². The van der Waals surface area contributed by atoms with Crippen molar-refractivity contribution < 1.29 is 4.57 Å². The smallest absolute Gasteiger partial charge is 0.231 e. The van der Waals surface area contributed by atoms with E-state index in [4.69, 9.17) is 0 Å². The lowest BCUT2D eigenvalue weighted by Crippen LogP contribution is -2.35. The summed E-state index contributed by atoms with van der Waals surface area (Å²) in [5.41, 5.74) is 2.06. The molecule has 0 spiro atoms. The van der Waals surface area contributed by atoms with Crippen molar-refractivity contribution in [3.63, 3.8) is 0 Å². The summed E-state index contributed by atoms with van der Waals surface area (Å²) < 4.78 is 2.09. The van der Waals surface area contributed by atoms with E-state index in [1.54, 1.807) is 18.6 Å². The Morgan fingerprint density at radius 3 is 2.59 bits per heavy atom. The van der Waals surface area contributed by atoms with Gasteiger partial charge in [-0.2, -0.15) is 4.57 Å². The van der Waals surface area contributed by atoms with E-state index in [-0.39, 0.29) is 0 Å². The maximum atomic E-state index is 4.32. The van der Waals surface area contributed by atoms with Gasteiger partial charge in [0.05, 0.1) is 0 Å². The summed E-state index contributed by atoms with van der Waals surface area (Å²) in [7, 11) is 0. The summed E-state index contributed by atoms with van der Waals surface area (Å²) in [5, 5.41) is 0. The highest BCUT2D eigenvalue weighted by atomic mass is 15.0. The number of hydrogen-bond donors (Lipinski definition) is 0. The molecule has 0 N–H and O–H groups in total. The summed E-state index contributed by atoms with van der Waals surface area (Å²) in [6.45, 7) is 0.657. The van der Waals surface area contributed by atoms with E-state index < -0.39 is 0 Å². The maximum Gasteiger partial charge on any atom is 0.231 e. The van der Waals surface area contributed by atoms with Crippen LogP contribution in [0.15, 0.2) is 55.1 Å². The third-order valence-electron chi connectivity index (χ3n) is 2.58. The fourth-order valence-electron chi connectivity index (χ4n) is 1.80. The second kappa shape index (κ2) is 4.25. The highest BCUT2D eigenvalue weighted by molar-refractivity contribution is 5.69. The molecule has 0 saturated carbocycles. The molecule has 3 rings (SSSR count). The quantitative estimate of drug-likeness (QED) is 0.616. The van der Waals surface area contributed by atoms with Gasteiger partial charge >= 0.3 is 0 Å². The lowest BCUT2D eigenvalue weighted by Gasteiger charge is -1.99. The summed E-state index contributed by atoms with van der Waals surface area (Å²) >= 11 is 0. The Kier molecular flexibility index (Phi) is 2.46. The number of fused-ring (bicyclic) bond motifs is 1. The predicted molar refractivity (Wildman–Crippen MR) is 63.1 cm³/mol. The molecule has 3 heterocycles. The van der Waals surface area contributed by atoms with E-state index in [1.165, 1.54) is 0 Å². The molecule has 0 aliphatic carbocycles. The third kappa shape index (κ3) is 1.97. The molecule has 0 bridgehead atoms. The lowest BCUT2D eigenvalue weighted by atomic mass is 10.3. The summed E-state index contributed by atoms with van der Waals surface area (Å²) in [4.78, 5) is 12.8. The van der Waals surface area contributed by atoms with Gasteiger partial charge < -0.3 is 0 Å². The first-order valence-electron chi connectivity index (χ1n) is 5.42. The van der Waals surface area contributed by atoms with Crippen molar-refractivity contribution >= 4 is 11.0 Å². The Labute approximate surface area is 98.6 Å². The van der Waals surface area contributed by atoms with Gasteiger partial charge in [-0.1, -0.05) is 0 Å². The molecule has 0 aromatic carbocycles. The molecule has 0 saturated heterocycles. The Morgan fingerprint density at radius 2 is 1.71 bits per heavy atom. The lowest BCUT2D eigenvalue weighted by molar-refractivity contribution is -0.663.